The van der Waals surface area contributed by atoms with Crippen LogP contribution in [0.2, 0.25) is 5.02 Å². The molecule has 0 aliphatic carbocycles. The zero-order chi connectivity index (χ0) is 14.2. The molecule has 5 heteroatoms. The topological polar surface area (TPSA) is 54.7 Å². The Labute approximate surface area is 125 Å². The van der Waals surface area contributed by atoms with E-state index in [0.717, 1.165) is 22.2 Å². The molecule has 0 unspecified atom stereocenters. The van der Waals surface area contributed by atoms with Crippen molar-refractivity contribution in [3.05, 3.63) is 59.6 Å². The third kappa shape index (κ3) is 2.19. The number of halogens is 1. The van der Waals surface area contributed by atoms with Crippen molar-refractivity contribution < 1.29 is 4.42 Å². The van der Waals surface area contributed by atoms with Crippen molar-refractivity contribution in [2.45, 2.75) is 0 Å². The molecule has 21 heavy (non-hydrogen) atoms. The second-order valence-corrected chi connectivity index (χ2v) is 5.13. The molecule has 4 rings (SSSR count). The second-order valence-electron chi connectivity index (χ2n) is 4.69. The lowest BCUT2D eigenvalue weighted by Gasteiger charge is -1.92. The molecule has 0 bridgehead atoms. The van der Waals surface area contributed by atoms with E-state index in [-0.39, 0.29) is 0 Å². The van der Waals surface area contributed by atoms with Crippen molar-refractivity contribution in [1.82, 2.24) is 15.2 Å². The summed E-state index contributed by atoms with van der Waals surface area (Å²) in [5, 5.41) is 9.90. The van der Waals surface area contributed by atoms with Crippen LogP contribution in [-0.2, 0) is 0 Å². The Morgan fingerprint density at radius 3 is 2.57 bits per heavy atom. The fourth-order valence-electron chi connectivity index (χ4n) is 2.25. The molecule has 4 aromatic rings. The summed E-state index contributed by atoms with van der Waals surface area (Å²) in [6, 6.07) is 17.3. The van der Waals surface area contributed by atoms with Crippen LogP contribution in [0.25, 0.3) is 33.9 Å². The van der Waals surface area contributed by atoms with Crippen LogP contribution in [0.3, 0.4) is 0 Å². The van der Waals surface area contributed by atoms with Gasteiger partial charge in [0.2, 0.25) is 5.89 Å². The van der Waals surface area contributed by atoms with Crippen molar-refractivity contribution in [3.63, 3.8) is 0 Å². The van der Waals surface area contributed by atoms with E-state index in [1.807, 2.05) is 54.6 Å². The Morgan fingerprint density at radius 1 is 0.905 bits per heavy atom. The van der Waals surface area contributed by atoms with Crippen LogP contribution in [0.15, 0.2) is 59.0 Å². The summed E-state index contributed by atoms with van der Waals surface area (Å²) >= 11 is 5.99. The first-order valence-corrected chi connectivity index (χ1v) is 6.85. The number of fused-ring (bicyclic) bond motifs is 1. The van der Waals surface area contributed by atoms with Gasteiger partial charge in [-0.2, -0.15) is 0 Å². The number of aromatic amines is 1. The molecule has 0 radical (unpaired) electrons. The zero-order valence-corrected chi connectivity index (χ0v) is 11.6. The minimum Gasteiger partial charge on any atom is -0.415 e. The first-order chi connectivity index (χ1) is 10.3. The minimum absolute atomic E-state index is 0.459. The third-order valence-corrected chi connectivity index (χ3v) is 3.49. The Kier molecular flexibility index (Phi) is 2.75. The minimum atomic E-state index is 0.459. The number of aromatic nitrogens is 3. The van der Waals surface area contributed by atoms with Crippen molar-refractivity contribution in [3.8, 4) is 23.0 Å². The van der Waals surface area contributed by atoms with Crippen LogP contribution in [0.1, 0.15) is 0 Å². The molecule has 4 nitrogen and oxygen atoms in total. The van der Waals surface area contributed by atoms with Crippen LogP contribution in [0.4, 0.5) is 0 Å². The summed E-state index contributed by atoms with van der Waals surface area (Å²) in [6.07, 6.45) is 0. The maximum absolute atomic E-state index is 5.99. The molecule has 0 spiro atoms. The zero-order valence-electron chi connectivity index (χ0n) is 10.9. The molecule has 0 saturated carbocycles. The SMILES string of the molecule is Clc1ccc2[nH]c(-c3nnc(-c4ccccc4)o3)cc2c1. The summed E-state index contributed by atoms with van der Waals surface area (Å²) < 4.78 is 5.73. The molecule has 102 valence electrons. The molecule has 0 aliphatic rings. The molecular weight excluding hydrogens is 286 g/mol. The van der Waals surface area contributed by atoms with E-state index in [4.69, 9.17) is 16.0 Å². The van der Waals surface area contributed by atoms with Crippen molar-refractivity contribution in [1.29, 1.82) is 0 Å². The van der Waals surface area contributed by atoms with Gasteiger partial charge < -0.3 is 9.40 Å². The van der Waals surface area contributed by atoms with E-state index in [0.29, 0.717) is 16.8 Å². The van der Waals surface area contributed by atoms with Gasteiger partial charge in [-0.05, 0) is 36.4 Å². The quantitative estimate of drug-likeness (QED) is 0.591. The van der Waals surface area contributed by atoms with E-state index in [9.17, 15) is 0 Å². The molecule has 0 saturated heterocycles. The van der Waals surface area contributed by atoms with Crippen LogP contribution in [-0.4, -0.2) is 15.2 Å². The van der Waals surface area contributed by atoms with Crippen LogP contribution < -0.4 is 0 Å². The first-order valence-electron chi connectivity index (χ1n) is 6.47. The highest BCUT2D eigenvalue weighted by Crippen LogP contribution is 2.27. The average Bonchev–Trinajstić information content (AvgIpc) is 3.14. The predicted molar refractivity (Wildman–Crippen MR) is 82.0 cm³/mol. The molecule has 0 aliphatic heterocycles. The van der Waals surface area contributed by atoms with Gasteiger partial charge in [-0.3, -0.25) is 0 Å². The van der Waals surface area contributed by atoms with Crippen LogP contribution >= 0.6 is 11.6 Å². The molecular formula is C16H10ClN3O. The van der Waals surface area contributed by atoms with E-state index in [2.05, 4.69) is 15.2 Å². The Balaban J connectivity index is 1.77. The number of hydrogen-bond acceptors (Lipinski definition) is 3. The monoisotopic (exact) mass is 295 g/mol. The fraction of sp³-hybridized carbons (Fsp3) is 0. The van der Waals surface area contributed by atoms with Crippen molar-refractivity contribution >= 4 is 22.5 Å². The van der Waals surface area contributed by atoms with Gasteiger partial charge in [-0.15, -0.1) is 10.2 Å². The van der Waals surface area contributed by atoms with E-state index in [1.165, 1.54) is 0 Å². The lowest BCUT2D eigenvalue weighted by atomic mass is 10.2. The maximum atomic E-state index is 5.99. The number of rotatable bonds is 2. The summed E-state index contributed by atoms with van der Waals surface area (Å²) in [5.41, 5.74) is 2.66. The first kappa shape index (κ1) is 12.2. The van der Waals surface area contributed by atoms with Gasteiger partial charge in [0.25, 0.3) is 5.89 Å². The van der Waals surface area contributed by atoms with Gasteiger partial charge in [0.1, 0.15) is 5.69 Å². The summed E-state index contributed by atoms with van der Waals surface area (Å²) in [7, 11) is 0. The Hall–Kier alpha value is -2.59. The molecule has 1 N–H and O–H groups in total. The van der Waals surface area contributed by atoms with Gasteiger partial charge in [0, 0.05) is 21.5 Å². The van der Waals surface area contributed by atoms with Crippen molar-refractivity contribution in [2.24, 2.45) is 0 Å². The molecule has 2 heterocycles. The Bertz CT molecular complexity index is 912. The number of benzene rings is 2. The van der Waals surface area contributed by atoms with E-state index < -0.39 is 0 Å². The van der Waals surface area contributed by atoms with Gasteiger partial charge in [0.05, 0.1) is 0 Å². The number of H-pyrrole nitrogens is 1. The predicted octanol–water partition coefficient (Wildman–Crippen LogP) is 4.54. The van der Waals surface area contributed by atoms with E-state index in [1.54, 1.807) is 0 Å². The molecule has 2 aromatic carbocycles. The highest BCUT2D eigenvalue weighted by Gasteiger charge is 2.12. The third-order valence-electron chi connectivity index (χ3n) is 3.26. The van der Waals surface area contributed by atoms with Gasteiger partial charge >= 0.3 is 0 Å². The molecule has 0 amide bonds. The number of hydrogen-bond donors (Lipinski definition) is 1. The highest BCUT2D eigenvalue weighted by atomic mass is 35.5. The van der Waals surface area contributed by atoms with Crippen molar-refractivity contribution in [2.75, 3.05) is 0 Å². The highest BCUT2D eigenvalue weighted by molar-refractivity contribution is 6.31. The number of nitrogens with one attached hydrogen (secondary N) is 1. The summed E-state index contributed by atoms with van der Waals surface area (Å²) in [4.78, 5) is 3.25. The largest absolute Gasteiger partial charge is 0.415 e. The summed E-state index contributed by atoms with van der Waals surface area (Å²) in [6.45, 7) is 0. The lowest BCUT2D eigenvalue weighted by Crippen LogP contribution is -1.76. The molecule has 0 fully saturated rings. The van der Waals surface area contributed by atoms with E-state index >= 15 is 0 Å². The lowest BCUT2D eigenvalue weighted by molar-refractivity contribution is 0.583. The fourth-order valence-corrected chi connectivity index (χ4v) is 2.43. The van der Waals surface area contributed by atoms with Gasteiger partial charge in [-0.25, -0.2) is 0 Å². The van der Waals surface area contributed by atoms with Gasteiger partial charge in [-0.1, -0.05) is 29.8 Å². The molecule has 2 aromatic heterocycles. The second kappa shape index (κ2) is 4.75. The normalized spacial score (nSPS) is 11.1. The Morgan fingerprint density at radius 2 is 1.71 bits per heavy atom. The van der Waals surface area contributed by atoms with Crippen LogP contribution in [0, 0.1) is 0 Å². The van der Waals surface area contributed by atoms with Crippen LogP contribution in [0.5, 0.6) is 0 Å². The maximum Gasteiger partial charge on any atom is 0.264 e. The smallest absolute Gasteiger partial charge is 0.264 e. The summed E-state index contributed by atoms with van der Waals surface area (Å²) in [5.74, 6) is 0.962. The average molecular weight is 296 g/mol. The standard InChI is InChI=1S/C16H10ClN3O/c17-12-6-7-13-11(8-12)9-14(18-13)16-20-19-15(21-16)10-4-2-1-3-5-10/h1-9,18H. The van der Waals surface area contributed by atoms with Gasteiger partial charge in [0.15, 0.2) is 0 Å². The molecule has 0 atom stereocenters. The number of nitrogens with zero attached hydrogens (tertiary/aromatic N) is 2.